The van der Waals surface area contributed by atoms with Crippen molar-refractivity contribution in [3.8, 4) is 0 Å². The highest BCUT2D eigenvalue weighted by Gasteiger charge is 2.26. The van der Waals surface area contributed by atoms with Crippen LogP contribution in [0.1, 0.15) is 43.0 Å². The van der Waals surface area contributed by atoms with Crippen molar-refractivity contribution in [2.45, 2.75) is 31.7 Å². The van der Waals surface area contributed by atoms with E-state index in [1.54, 1.807) is 0 Å². The van der Waals surface area contributed by atoms with Gasteiger partial charge in [0.05, 0.1) is 28.5 Å². The van der Waals surface area contributed by atoms with Crippen molar-refractivity contribution in [3.05, 3.63) is 59.9 Å². The Bertz CT molecular complexity index is 1170. The van der Waals surface area contributed by atoms with E-state index in [4.69, 9.17) is 0 Å². The van der Waals surface area contributed by atoms with E-state index < -0.39 is 22.0 Å². The molecule has 1 aromatic heterocycles. The van der Waals surface area contributed by atoms with Gasteiger partial charge in [-0.25, -0.2) is 13.4 Å². The van der Waals surface area contributed by atoms with Crippen molar-refractivity contribution in [1.82, 2.24) is 19.6 Å². The second-order valence-electron chi connectivity index (χ2n) is 7.77. The first kappa shape index (κ1) is 22.6. The van der Waals surface area contributed by atoms with Crippen molar-refractivity contribution in [2.24, 2.45) is 5.92 Å². The van der Waals surface area contributed by atoms with Crippen molar-refractivity contribution < 1.29 is 18.0 Å². The molecule has 1 heterocycles. The fourth-order valence-corrected chi connectivity index (χ4v) is 4.35. The number of likely N-dealkylation sites (N-methyl/N-ethyl adjacent to an activating group) is 1. The summed E-state index contributed by atoms with van der Waals surface area (Å²) >= 11 is 0. The van der Waals surface area contributed by atoms with E-state index in [-0.39, 0.29) is 23.1 Å². The van der Waals surface area contributed by atoms with Crippen LogP contribution >= 0.6 is 0 Å². The van der Waals surface area contributed by atoms with Gasteiger partial charge in [0.15, 0.2) is 5.78 Å². The number of fused-ring (bicyclic) bond motifs is 1. The number of hydrogen-bond donors (Lipinski definition) is 2. The molecule has 0 aliphatic rings. The summed E-state index contributed by atoms with van der Waals surface area (Å²) in [5.41, 5.74) is 2.09. The van der Waals surface area contributed by atoms with Gasteiger partial charge >= 0.3 is 0 Å². The maximum absolute atomic E-state index is 12.8. The first-order valence-electron chi connectivity index (χ1n) is 9.91. The molecule has 0 bridgehead atoms. The lowest BCUT2D eigenvalue weighted by atomic mass is 10.0. The number of hydrogen-bond acceptors (Lipinski definition) is 5. The molecule has 0 radical (unpaired) electrons. The number of rotatable bonds is 8. The van der Waals surface area contributed by atoms with Gasteiger partial charge in [0.25, 0.3) is 0 Å². The standard InChI is InChI=1S/C22H26N4O4S/c1-14(2)21(22-23-18-7-5-6-8-19(18)24-22)25-20(28)13-26(4)31(29,30)17-11-9-16(10-12-17)15(3)27/h5-12,14,21H,13H2,1-4H3,(H,23,24)(H,25,28). The number of imidazole rings is 1. The molecule has 1 atom stereocenters. The summed E-state index contributed by atoms with van der Waals surface area (Å²) in [4.78, 5) is 31.9. The smallest absolute Gasteiger partial charge is 0.243 e. The summed E-state index contributed by atoms with van der Waals surface area (Å²) in [6.07, 6.45) is 0. The van der Waals surface area contributed by atoms with E-state index in [0.29, 0.717) is 11.4 Å². The normalized spacial score (nSPS) is 13.0. The minimum absolute atomic E-state index is 0.0190. The molecule has 0 aliphatic carbocycles. The number of Topliss-reactive ketones (excluding diaryl/α,β-unsaturated/α-hetero) is 1. The van der Waals surface area contributed by atoms with Crippen LogP contribution in [0.25, 0.3) is 11.0 Å². The largest absolute Gasteiger partial charge is 0.345 e. The Balaban J connectivity index is 1.73. The maximum atomic E-state index is 12.8. The Hall–Kier alpha value is -3.04. The van der Waals surface area contributed by atoms with Gasteiger partial charge in [-0.3, -0.25) is 9.59 Å². The number of aromatic nitrogens is 2. The summed E-state index contributed by atoms with van der Waals surface area (Å²) in [5.74, 6) is 0.0630. The Kier molecular flexibility index (Phi) is 6.56. The lowest BCUT2D eigenvalue weighted by molar-refractivity contribution is -0.122. The molecular weight excluding hydrogens is 416 g/mol. The molecule has 3 aromatic rings. The summed E-state index contributed by atoms with van der Waals surface area (Å²) in [7, 11) is -2.53. The van der Waals surface area contributed by atoms with Gasteiger partial charge in [-0.1, -0.05) is 38.1 Å². The van der Waals surface area contributed by atoms with Crippen LogP contribution in [-0.2, 0) is 14.8 Å². The number of ketones is 1. The van der Waals surface area contributed by atoms with E-state index >= 15 is 0 Å². The van der Waals surface area contributed by atoms with Gasteiger partial charge in [-0.15, -0.1) is 0 Å². The molecule has 0 fully saturated rings. The third kappa shape index (κ3) is 5.00. The van der Waals surface area contributed by atoms with Crippen LogP contribution in [0.5, 0.6) is 0 Å². The van der Waals surface area contributed by atoms with Crippen molar-refractivity contribution >= 4 is 32.7 Å². The summed E-state index contributed by atoms with van der Waals surface area (Å²) < 4.78 is 26.6. The minimum atomic E-state index is -3.88. The number of benzene rings is 2. The van der Waals surface area contributed by atoms with Crippen LogP contribution in [0.2, 0.25) is 0 Å². The predicted octanol–water partition coefficient (Wildman–Crippen LogP) is 2.90. The van der Waals surface area contributed by atoms with Gasteiger partial charge in [0, 0.05) is 12.6 Å². The number of nitrogens with zero attached hydrogens (tertiary/aromatic N) is 2. The monoisotopic (exact) mass is 442 g/mol. The number of aromatic amines is 1. The first-order chi connectivity index (χ1) is 14.6. The molecule has 0 aliphatic heterocycles. The number of para-hydroxylation sites is 2. The average Bonchev–Trinajstić information content (AvgIpc) is 3.15. The fourth-order valence-electron chi connectivity index (χ4n) is 3.22. The highest BCUT2D eigenvalue weighted by molar-refractivity contribution is 7.89. The number of amides is 1. The van der Waals surface area contributed by atoms with Gasteiger partial charge < -0.3 is 10.3 Å². The minimum Gasteiger partial charge on any atom is -0.345 e. The molecule has 1 unspecified atom stereocenters. The molecular formula is C22H26N4O4S. The topological polar surface area (TPSA) is 112 Å². The maximum Gasteiger partial charge on any atom is 0.243 e. The average molecular weight is 443 g/mol. The lowest BCUT2D eigenvalue weighted by Crippen LogP contribution is -2.41. The van der Waals surface area contributed by atoms with Crippen molar-refractivity contribution in [2.75, 3.05) is 13.6 Å². The summed E-state index contributed by atoms with van der Waals surface area (Å²) in [6, 6.07) is 12.8. The van der Waals surface area contributed by atoms with Crippen LogP contribution in [0, 0.1) is 5.92 Å². The third-order valence-electron chi connectivity index (χ3n) is 5.02. The van der Waals surface area contributed by atoms with E-state index in [9.17, 15) is 18.0 Å². The zero-order chi connectivity index (χ0) is 22.8. The highest BCUT2D eigenvalue weighted by atomic mass is 32.2. The van der Waals surface area contributed by atoms with E-state index in [1.807, 2.05) is 38.1 Å². The zero-order valence-electron chi connectivity index (χ0n) is 17.9. The summed E-state index contributed by atoms with van der Waals surface area (Å²) in [6.45, 7) is 4.97. The molecule has 0 saturated carbocycles. The molecule has 0 saturated heterocycles. The molecule has 1 amide bonds. The van der Waals surface area contributed by atoms with Gasteiger partial charge in [0.2, 0.25) is 15.9 Å². The van der Waals surface area contributed by atoms with Crippen LogP contribution in [0.15, 0.2) is 53.4 Å². The Morgan fingerprint density at radius 1 is 1.10 bits per heavy atom. The number of sulfonamides is 1. The molecule has 2 aromatic carbocycles. The third-order valence-corrected chi connectivity index (χ3v) is 6.84. The van der Waals surface area contributed by atoms with Gasteiger partial charge in [-0.05, 0) is 37.1 Å². The number of nitrogens with one attached hydrogen (secondary N) is 2. The Labute approximate surface area is 181 Å². The van der Waals surface area contributed by atoms with Crippen molar-refractivity contribution in [3.63, 3.8) is 0 Å². The molecule has 0 spiro atoms. The lowest BCUT2D eigenvalue weighted by Gasteiger charge is -2.22. The van der Waals surface area contributed by atoms with Gasteiger partial charge in [-0.2, -0.15) is 4.31 Å². The van der Waals surface area contributed by atoms with Crippen molar-refractivity contribution in [1.29, 1.82) is 0 Å². The van der Waals surface area contributed by atoms with E-state index in [0.717, 1.165) is 15.3 Å². The van der Waals surface area contributed by atoms with Crippen LogP contribution < -0.4 is 5.32 Å². The molecule has 31 heavy (non-hydrogen) atoms. The fraction of sp³-hybridized carbons (Fsp3) is 0.318. The molecule has 3 rings (SSSR count). The predicted molar refractivity (Wildman–Crippen MR) is 118 cm³/mol. The highest BCUT2D eigenvalue weighted by Crippen LogP contribution is 2.22. The molecule has 8 nitrogen and oxygen atoms in total. The Morgan fingerprint density at radius 3 is 2.32 bits per heavy atom. The molecule has 2 N–H and O–H groups in total. The zero-order valence-corrected chi connectivity index (χ0v) is 18.7. The van der Waals surface area contributed by atoms with E-state index in [1.165, 1.54) is 38.2 Å². The first-order valence-corrected chi connectivity index (χ1v) is 11.3. The van der Waals surface area contributed by atoms with Gasteiger partial charge in [0.1, 0.15) is 5.82 Å². The molecule has 164 valence electrons. The molecule has 9 heteroatoms. The second kappa shape index (κ2) is 8.99. The van der Waals surface area contributed by atoms with Crippen LogP contribution in [0.3, 0.4) is 0 Å². The number of carbonyl (C=O) groups is 2. The summed E-state index contributed by atoms with van der Waals surface area (Å²) in [5, 5.41) is 2.89. The second-order valence-corrected chi connectivity index (χ2v) is 9.81. The number of H-pyrrole nitrogens is 1. The Morgan fingerprint density at radius 2 is 1.74 bits per heavy atom. The quantitative estimate of drug-likeness (QED) is 0.521. The van der Waals surface area contributed by atoms with Crippen LogP contribution in [0.4, 0.5) is 0 Å². The number of carbonyl (C=O) groups excluding carboxylic acids is 2. The van der Waals surface area contributed by atoms with E-state index in [2.05, 4.69) is 15.3 Å². The SMILES string of the molecule is CC(=O)c1ccc(S(=O)(=O)N(C)CC(=O)NC(c2nc3ccccc3[nH]2)C(C)C)cc1. The van der Waals surface area contributed by atoms with Crippen LogP contribution in [-0.4, -0.2) is 48.0 Å².